The fourth-order valence-corrected chi connectivity index (χ4v) is 2.24. The number of unbranched alkanes of at least 4 members (excludes halogenated alkanes) is 2. The van der Waals surface area contributed by atoms with E-state index in [0.29, 0.717) is 12.0 Å². The van der Waals surface area contributed by atoms with Crippen LogP contribution in [0, 0.1) is 5.92 Å². The van der Waals surface area contributed by atoms with Crippen LogP contribution in [0.25, 0.3) is 0 Å². The summed E-state index contributed by atoms with van der Waals surface area (Å²) in [7, 11) is 0. The van der Waals surface area contributed by atoms with Gasteiger partial charge in [0.1, 0.15) is 0 Å². The van der Waals surface area contributed by atoms with E-state index in [9.17, 15) is 9.59 Å². The highest BCUT2D eigenvalue weighted by Crippen LogP contribution is 2.15. The van der Waals surface area contributed by atoms with Crippen molar-refractivity contribution in [1.82, 2.24) is 0 Å². The molecule has 0 amide bonds. The van der Waals surface area contributed by atoms with Crippen LogP contribution in [0.15, 0.2) is 24.3 Å². The molecule has 0 radical (unpaired) electrons. The van der Waals surface area contributed by atoms with Gasteiger partial charge in [0, 0.05) is 18.4 Å². The summed E-state index contributed by atoms with van der Waals surface area (Å²) in [5, 5.41) is 8.70. The molecule has 1 rings (SSSR count). The van der Waals surface area contributed by atoms with Gasteiger partial charge in [-0.3, -0.25) is 9.59 Å². The van der Waals surface area contributed by atoms with E-state index in [-0.39, 0.29) is 18.1 Å². The van der Waals surface area contributed by atoms with E-state index in [1.807, 2.05) is 24.3 Å². The normalized spacial score (nSPS) is 12.1. The molecule has 3 heteroatoms. The molecule has 0 bridgehead atoms. The lowest BCUT2D eigenvalue weighted by Gasteiger charge is -2.08. The molecule has 0 saturated heterocycles. The molecule has 0 fully saturated rings. The lowest BCUT2D eigenvalue weighted by Crippen LogP contribution is -2.10. The Morgan fingerprint density at radius 2 is 1.75 bits per heavy atom. The molecule has 1 atom stereocenters. The van der Waals surface area contributed by atoms with Crippen LogP contribution in [0.1, 0.15) is 61.9 Å². The second-order valence-corrected chi connectivity index (χ2v) is 5.48. The fraction of sp³-hybridized carbons (Fsp3) is 0.529. The number of carbonyl (C=O) groups is 2. The van der Waals surface area contributed by atoms with Gasteiger partial charge in [-0.2, -0.15) is 0 Å². The van der Waals surface area contributed by atoms with Gasteiger partial charge in [-0.15, -0.1) is 0 Å². The third kappa shape index (κ3) is 6.00. The van der Waals surface area contributed by atoms with Crippen LogP contribution in [-0.4, -0.2) is 16.9 Å². The Balaban J connectivity index is 2.50. The Morgan fingerprint density at radius 3 is 2.30 bits per heavy atom. The average molecular weight is 276 g/mol. The minimum absolute atomic E-state index is 0.0267. The maximum absolute atomic E-state index is 12.0. The number of carboxylic acid groups (broad SMARTS) is 1. The fourth-order valence-electron chi connectivity index (χ4n) is 2.24. The Kier molecular flexibility index (Phi) is 6.99. The van der Waals surface area contributed by atoms with E-state index in [1.165, 1.54) is 24.8 Å². The van der Waals surface area contributed by atoms with E-state index in [2.05, 4.69) is 6.92 Å². The first-order valence-electron chi connectivity index (χ1n) is 7.36. The molecular weight excluding hydrogens is 252 g/mol. The van der Waals surface area contributed by atoms with Crippen molar-refractivity contribution >= 4 is 11.8 Å². The van der Waals surface area contributed by atoms with Crippen molar-refractivity contribution in [2.24, 2.45) is 5.92 Å². The number of ketones is 1. The van der Waals surface area contributed by atoms with Gasteiger partial charge in [0.25, 0.3) is 0 Å². The van der Waals surface area contributed by atoms with Crippen LogP contribution in [0.2, 0.25) is 0 Å². The zero-order valence-electron chi connectivity index (χ0n) is 12.4. The minimum atomic E-state index is -0.850. The lowest BCUT2D eigenvalue weighted by atomic mass is 9.96. The maximum Gasteiger partial charge on any atom is 0.303 e. The molecule has 0 unspecified atom stereocenters. The van der Waals surface area contributed by atoms with Gasteiger partial charge >= 0.3 is 5.97 Å². The zero-order valence-corrected chi connectivity index (χ0v) is 12.4. The van der Waals surface area contributed by atoms with Crippen LogP contribution in [0.4, 0.5) is 0 Å². The molecule has 0 heterocycles. The molecule has 1 N–H and O–H groups in total. The third-order valence-corrected chi connectivity index (χ3v) is 3.40. The number of Topliss-reactive ketones (excluding diaryl/α,β-unsaturated/α-hetero) is 1. The van der Waals surface area contributed by atoms with Crippen molar-refractivity contribution < 1.29 is 14.7 Å². The molecule has 1 aromatic rings. The quantitative estimate of drug-likeness (QED) is 0.545. The number of rotatable bonds is 9. The molecule has 0 spiro atoms. The summed E-state index contributed by atoms with van der Waals surface area (Å²) in [6.45, 7) is 3.98. The molecule has 3 nitrogen and oxygen atoms in total. The molecule has 0 aliphatic heterocycles. The van der Waals surface area contributed by atoms with Gasteiger partial charge in [-0.25, -0.2) is 0 Å². The summed E-state index contributed by atoms with van der Waals surface area (Å²) in [5.74, 6) is -0.945. The number of carbonyl (C=O) groups excluding carboxylic acids is 1. The summed E-state index contributed by atoms with van der Waals surface area (Å²) < 4.78 is 0. The van der Waals surface area contributed by atoms with Gasteiger partial charge in [-0.05, 0) is 24.3 Å². The van der Waals surface area contributed by atoms with Crippen molar-refractivity contribution in [3.8, 4) is 0 Å². The number of benzene rings is 1. The van der Waals surface area contributed by atoms with E-state index >= 15 is 0 Å². The van der Waals surface area contributed by atoms with Gasteiger partial charge in [0.05, 0.1) is 0 Å². The largest absolute Gasteiger partial charge is 0.481 e. The van der Waals surface area contributed by atoms with Crippen molar-refractivity contribution in [2.45, 2.75) is 52.4 Å². The van der Waals surface area contributed by atoms with Crippen molar-refractivity contribution in [3.05, 3.63) is 35.4 Å². The van der Waals surface area contributed by atoms with E-state index in [1.54, 1.807) is 6.92 Å². The van der Waals surface area contributed by atoms with Crippen LogP contribution >= 0.6 is 0 Å². The second-order valence-electron chi connectivity index (χ2n) is 5.48. The van der Waals surface area contributed by atoms with Crippen molar-refractivity contribution in [3.63, 3.8) is 0 Å². The molecule has 0 aromatic heterocycles. The van der Waals surface area contributed by atoms with E-state index in [4.69, 9.17) is 5.11 Å². The number of aryl methyl sites for hydroxylation is 1. The standard InChI is InChI=1S/C17H24O3/c1-3-4-5-6-14-7-9-15(10-8-14)16(18)11-13(2)12-17(19)20/h7-10,13H,3-6,11-12H2,1-2H3,(H,19,20)/t13-/m1/s1. The topological polar surface area (TPSA) is 54.4 Å². The van der Waals surface area contributed by atoms with Crippen LogP contribution in [0.5, 0.6) is 0 Å². The first-order valence-corrected chi connectivity index (χ1v) is 7.36. The summed E-state index contributed by atoms with van der Waals surface area (Å²) >= 11 is 0. The molecule has 1 aromatic carbocycles. The highest BCUT2D eigenvalue weighted by molar-refractivity contribution is 5.96. The van der Waals surface area contributed by atoms with Gasteiger partial charge in [0.15, 0.2) is 5.78 Å². The molecule has 0 aliphatic carbocycles. The summed E-state index contributed by atoms with van der Waals surface area (Å²) in [5.41, 5.74) is 1.94. The monoisotopic (exact) mass is 276 g/mol. The predicted octanol–water partition coefficient (Wildman–Crippen LogP) is 4.10. The predicted molar refractivity (Wildman–Crippen MR) is 80.0 cm³/mol. The van der Waals surface area contributed by atoms with Gasteiger partial charge in [-0.1, -0.05) is 51.0 Å². The molecule has 0 aliphatic rings. The minimum Gasteiger partial charge on any atom is -0.481 e. The van der Waals surface area contributed by atoms with Crippen LogP contribution in [-0.2, 0) is 11.2 Å². The molecule has 110 valence electrons. The highest BCUT2D eigenvalue weighted by atomic mass is 16.4. The number of carboxylic acids is 1. The van der Waals surface area contributed by atoms with Crippen LogP contribution in [0.3, 0.4) is 0 Å². The number of hydrogen-bond donors (Lipinski definition) is 1. The highest BCUT2D eigenvalue weighted by Gasteiger charge is 2.14. The van der Waals surface area contributed by atoms with Crippen molar-refractivity contribution in [1.29, 1.82) is 0 Å². The summed E-state index contributed by atoms with van der Waals surface area (Å²) in [4.78, 5) is 22.6. The number of hydrogen-bond acceptors (Lipinski definition) is 2. The molecular formula is C17H24O3. The first kappa shape index (κ1) is 16.4. The van der Waals surface area contributed by atoms with E-state index in [0.717, 1.165) is 6.42 Å². The van der Waals surface area contributed by atoms with Crippen LogP contribution < -0.4 is 0 Å². The Hall–Kier alpha value is -1.64. The molecule has 20 heavy (non-hydrogen) atoms. The Bertz CT molecular complexity index is 434. The number of aliphatic carboxylic acids is 1. The lowest BCUT2D eigenvalue weighted by molar-refractivity contribution is -0.137. The Labute approximate surface area is 121 Å². The maximum atomic E-state index is 12.0. The third-order valence-electron chi connectivity index (χ3n) is 3.40. The second kappa shape index (κ2) is 8.51. The molecule has 0 saturated carbocycles. The van der Waals surface area contributed by atoms with Gasteiger partial charge in [0.2, 0.25) is 0 Å². The smallest absolute Gasteiger partial charge is 0.303 e. The zero-order chi connectivity index (χ0) is 15.0. The summed E-state index contributed by atoms with van der Waals surface area (Å²) in [6.07, 6.45) is 5.00. The first-order chi connectivity index (χ1) is 9.52. The SMILES string of the molecule is CCCCCc1ccc(C(=O)C[C@@H](C)CC(=O)O)cc1. The Morgan fingerprint density at radius 1 is 1.10 bits per heavy atom. The average Bonchev–Trinajstić information content (AvgIpc) is 2.38. The van der Waals surface area contributed by atoms with E-state index < -0.39 is 5.97 Å². The van der Waals surface area contributed by atoms with Crippen molar-refractivity contribution in [2.75, 3.05) is 0 Å². The van der Waals surface area contributed by atoms with Gasteiger partial charge < -0.3 is 5.11 Å². The summed E-state index contributed by atoms with van der Waals surface area (Å²) in [6, 6.07) is 7.73.